The Balaban J connectivity index is 2.05. The second kappa shape index (κ2) is 5.54. The fraction of sp³-hybridized carbons (Fsp3) is 0.154. The molecule has 3 nitrogen and oxygen atoms in total. The molecule has 0 saturated carbocycles. The van der Waals surface area contributed by atoms with Gasteiger partial charge in [0, 0.05) is 10.6 Å². The second-order valence-corrected chi connectivity index (χ2v) is 6.42. The van der Waals surface area contributed by atoms with E-state index in [0.717, 1.165) is 14.2 Å². The highest BCUT2D eigenvalue weighted by atomic mass is 79.9. The first-order chi connectivity index (χ1) is 8.56. The monoisotopic (exact) mass is 325 g/mol. The summed E-state index contributed by atoms with van der Waals surface area (Å²) >= 11 is 4.90. The van der Waals surface area contributed by atoms with Crippen LogP contribution in [-0.2, 0) is 11.3 Å². The fourth-order valence-corrected chi connectivity index (χ4v) is 2.89. The number of halogens is 1. The summed E-state index contributed by atoms with van der Waals surface area (Å²) in [7, 11) is 0. The average Bonchev–Trinajstić information content (AvgIpc) is 2.75. The van der Waals surface area contributed by atoms with E-state index >= 15 is 0 Å². The highest BCUT2D eigenvalue weighted by molar-refractivity contribution is 9.11. The zero-order chi connectivity index (χ0) is 13.1. The van der Waals surface area contributed by atoms with Crippen molar-refractivity contribution in [3.63, 3.8) is 0 Å². The lowest BCUT2D eigenvalue weighted by molar-refractivity contribution is 0.0478. The van der Waals surface area contributed by atoms with Gasteiger partial charge in [0.2, 0.25) is 0 Å². The molecule has 0 atom stereocenters. The van der Waals surface area contributed by atoms with Gasteiger partial charge in [0.15, 0.2) is 0 Å². The van der Waals surface area contributed by atoms with Crippen molar-refractivity contribution < 1.29 is 9.53 Å². The lowest BCUT2D eigenvalue weighted by Gasteiger charge is -2.06. The van der Waals surface area contributed by atoms with Crippen LogP contribution in [-0.4, -0.2) is 5.97 Å². The van der Waals surface area contributed by atoms with Crippen molar-refractivity contribution in [2.24, 2.45) is 0 Å². The topological polar surface area (TPSA) is 52.3 Å². The van der Waals surface area contributed by atoms with E-state index in [-0.39, 0.29) is 12.6 Å². The number of thiophene rings is 1. The number of rotatable bonds is 3. The van der Waals surface area contributed by atoms with Crippen LogP contribution in [0.1, 0.15) is 20.8 Å². The molecule has 0 radical (unpaired) electrons. The van der Waals surface area contributed by atoms with Crippen LogP contribution in [0.4, 0.5) is 5.69 Å². The Morgan fingerprint density at radius 2 is 2.17 bits per heavy atom. The Morgan fingerprint density at radius 3 is 2.83 bits per heavy atom. The van der Waals surface area contributed by atoms with Crippen LogP contribution in [0.5, 0.6) is 0 Å². The lowest BCUT2D eigenvalue weighted by Crippen LogP contribution is -2.08. The molecular formula is C13H12BrNO2S. The number of hydrogen-bond acceptors (Lipinski definition) is 4. The SMILES string of the molecule is Cc1ccc(N)c(C(=O)OCc2ccc(Br)s2)c1. The van der Waals surface area contributed by atoms with Gasteiger partial charge in [-0.3, -0.25) is 0 Å². The number of nitrogen functional groups attached to an aromatic ring is 1. The molecular weight excluding hydrogens is 314 g/mol. The van der Waals surface area contributed by atoms with Gasteiger partial charge in [-0.05, 0) is 47.1 Å². The summed E-state index contributed by atoms with van der Waals surface area (Å²) in [6.45, 7) is 2.18. The molecule has 94 valence electrons. The van der Waals surface area contributed by atoms with Crippen molar-refractivity contribution in [1.29, 1.82) is 0 Å². The van der Waals surface area contributed by atoms with Crippen LogP contribution in [0.15, 0.2) is 34.1 Å². The summed E-state index contributed by atoms with van der Waals surface area (Å²) in [6, 6.07) is 9.16. The number of carbonyl (C=O) groups is 1. The summed E-state index contributed by atoms with van der Waals surface area (Å²) in [6.07, 6.45) is 0. The van der Waals surface area contributed by atoms with E-state index in [0.29, 0.717) is 11.3 Å². The molecule has 0 aliphatic carbocycles. The smallest absolute Gasteiger partial charge is 0.340 e. The number of esters is 1. The zero-order valence-corrected chi connectivity index (χ0v) is 12.2. The molecule has 0 saturated heterocycles. The summed E-state index contributed by atoms with van der Waals surface area (Å²) in [5.74, 6) is -0.388. The van der Waals surface area contributed by atoms with Gasteiger partial charge in [-0.15, -0.1) is 11.3 Å². The Bertz CT molecular complexity index is 580. The number of nitrogens with two attached hydrogens (primary N) is 1. The third-order valence-electron chi connectivity index (χ3n) is 2.40. The van der Waals surface area contributed by atoms with Gasteiger partial charge >= 0.3 is 5.97 Å². The molecule has 5 heteroatoms. The van der Waals surface area contributed by atoms with Gasteiger partial charge in [0.05, 0.1) is 9.35 Å². The number of carbonyl (C=O) groups excluding carboxylic acids is 1. The molecule has 2 rings (SSSR count). The molecule has 0 spiro atoms. The Kier molecular flexibility index (Phi) is 4.04. The summed E-state index contributed by atoms with van der Waals surface area (Å²) in [5, 5.41) is 0. The highest BCUT2D eigenvalue weighted by Crippen LogP contribution is 2.23. The molecule has 1 heterocycles. The molecule has 0 aliphatic heterocycles. The van der Waals surface area contributed by atoms with Crippen LogP contribution in [0.25, 0.3) is 0 Å². The van der Waals surface area contributed by atoms with Gasteiger partial charge < -0.3 is 10.5 Å². The molecule has 1 aromatic heterocycles. The maximum atomic E-state index is 11.9. The molecule has 0 fully saturated rings. The Hall–Kier alpha value is -1.33. The molecule has 18 heavy (non-hydrogen) atoms. The van der Waals surface area contributed by atoms with E-state index in [1.165, 1.54) is 0 Å². The van der Waals surface area contributed by atoms with Crippen LogP contribution >= 0.6 is 27.3 Å². The number of ether oxygens (including phenoxy) is 1. The van der Waals surface area contributed by atoms with Crippen molar-refractivity contribution in [3.05, 3.63) is 50.1 Å². The van der Waals surface area contributed by atoms with E-state index in [1.807, 2.05) is 25.1 Å². The molecule has 1 aromatic carbocycles. The van der Waals surface area contributed by atoms with E-state index in [2.05, 4.69) is 15.9 Å². The number of hydrogen-bond donors (Lipinski definition) is 1. The van der Waals surface area contributed by atoms with Gasteiger partial charge in [-0.2, -0.15) is 0 Å². The largest absolute Gasteiger partial charge is 0.456 e. The number of benzene rings is 1. The van der Waals surface area contributed by atoms with Crippen LogP contribution in [0, 0.1) is 6.92 Å². The van der Waals surface area contributed by atoms with Gasteiger partial charge in [-0.25, -0.2) is 4.79 Å². The molecule has 2 aromatic rings. The quantitative estimate of drug-likeness (QED) is 0.690. The van der Waals surface area contributed by atoms with E-state index in [4.69, 9.17) is 10.5 Å². The zero-order valence-electron chi connectivity index (χ0n) is 9.77. The second-order valence-electron chi connectivity index (χ2n) is 3.87. The first kappa shape index (κ1) is 13.1. The summed E-state index contributed by atoms with van der Waals surface area (Å²) in [5.41, 5.74) is 7.60. The maximum Gasteiger partial charge on any atom is 0.340 e. The first-order valence-electron chi connectivity index (χ1n) is 5.34. The molecule has 0 unspecified atom stereocenters. The normalized spacial score (nSPS) is 10.3. The van der Waals surface area contributed by atoms with Crippen molar-refractivity contribution in [2.45, 2.75) is 13.5 Å². The minimum atomic E-state index is -0.388. The lowest BCUT2D eigenvalue weighted by atomic mass is 10.1. The van der Waals surface area contributed by atoms with Crippen molar-refractivity contribution in [2.75, 3.05) is 5.73 Å². The van der Waals surface area contributed by atoms with Crippen molar-refractivity contribution >= 4 is 38.9 Å². The predicted octanol–water partition coefficient (Wildman–Crippen LogP) is 3.76. The van der Waals surface area contributed by atoms with Crippen LogP contribution in [0.3, 0.4) is 0 Å². The standard InChI is InChI=1S/C13H12BrNO2S/c1-8-2-4-11(15)10(6-8)13(16)17-7-9-3-5-12(14)18-9/h2-6H,7,15H2,1H3. The molecule has 0 aliphatic rings. The molecule has 0 amide bonds. The van der Waals surface area contributed by atoms with Gasteiger partial charge in [0.25, 0.3) is 0 Å². The van der Waals surface area contributed by atoms with Gasteiger partial charge in [0.1, 0.15) is 6.61 Å². The van der Waals surface area contributed by atoms with Crippen molar-refractivity contribution in [1.82, 2.24) is 0 Å². The van der Waals surface area contributed by atoms with E-state index in [1.54, 1.807) is 23.5 Å². The minimum absolute atomic E-state index is 0.266. The summed E-state index contributed by atoms with van der Waals surface area (Å²) < 4.78 is 6.25. The number of anilines is 1. The van der Waals surface area contributed by atoms with Crippen LogP contribution in [0.2, 0.25) is 0 Å². The molecule has 2 N–H and O–H groups in total. The van der Waals surface area contributed by atoms with Crippen molar-refractivity contribution in [3.8, 4) is 0 Å². The Labute approximate surface area is 118 Å². The highest BCUT2D eigenvalue weighted by Gasteiger charge is 2.12. The molecule has 0 bridgehead atoms. The third kappa shape index (κ3) is 3.11. The average molecular weight is 326 g/mol. The first-order valence-corrected chi connectivity index (χ1v) is 6.94. The third-order valence-corrected chi connectivity index (χ3v) is 4.00. The summed E-state index contributed by atoms with van der Waals surface area (Å²) in [4.78, 5) is 12.9. The number of aryl methyl sites for hydroxylation is 1. The van der Waals surface area contributed by atoms with Gasteiger partial charge in [-0.1, -0.05) is 11.6 Å². The maximum absolute atomic E-state index is 11.9. The Morgan fingerprint density at radius 1 is 1.39 bits per heavy atom. The van der Waals surface area contributed by atoms with E-state index < -0.39 is 0 Å². The fourth-order valence-electron chi connectivity index (χ4n) is 1.49. The predicted molar refractivity (Wildman–Crippen MR) is 76.7 cm³/mol. The van der Waals surface area contributed by atoms with Crippen LogP contribution < -0.4 is 5.73 Å². The van der Waals surface area contributed by atoms with E-state index in [9.17, 15) is 4.79 Å². The minimum Gasteiger partial charge on any atom is -0.456 e.